The predicted molar refractivity (Wildman–Crippen MR) is 123 cm³/mol. The van der Waals surface area contributed by atoms with Crippen LogP contribution in [-0.2, 0) is 20.2 Å². The molecule has 2 aromatic carbocycles. The van der Waals surface area contributed by atoms with Gasteiger partial charge in [0.15, 0.2) is 5.75 Å². The summed E-state index contributed by atoms with van der Waals surface area (Å²) in [6.45, 7) is 0. The second kappa shape index (κ2) is 7.66. The molecule has 170 valence electrons. The molecule has 0 radical (unpaired) electrons. The summed E-state index contributed by atoms with van der Waals surface area (Å²) >= 11 is 0. The van der Waals surface area contributed by atoms with Crippen LogP contribution in [0.2, 0.25) is 0 Å². The standard InChI is InChI=1S/C23H22N4O5S/c1-31-17-5-2-3-6-19(17)33(29,30)27-14-11-16-21(26-22(28)23(16)9-4-10-23)18(12-14)32-15-7-8-20(24)25-13-15/h2-3,5-8,11-13,27H,4,9-10H2,1H3,(H2,24,25)(H,26,28). The maximum Gasteiger partial charge on any atom is 0.265 e. The van der Waals surface area contributed by atoms with Gasteiger partial charge < -0.3 is 20.5 Å². The summed E-state index contributed by atoms with van der Waals surface area (Å²) in [5.74, 6) is 1.18. The number of anilines is 3. The van der Waals surface area contributed by atoms with Crippen LogP contribution in [0.4, 0.5) is 17.2 Å². The molecule has 1 amide bonds. The molecule has 0 saturated heterocycles. The van der Waals surface area contributed by atoms with Crippen LogP contribution in [0, 0.1) is 0 Å². The number of rotatable bonds is 6. The Bertz CT molecular complexity index is 1350. The third kappa shape index (κ3) is 3.52. The van der Waals surface area contributed by atoms with Crippen molar-refractivity contribution in [3.05, 3.63) is 60.3 Å². The smallest absolute Gasteiger partial charge is 0.265 e. The van der Waals surface area contributed by atoms with Crippen LogP contribution >= 0.6 is 0 Å². The topological polar surface area (TPSA) is 133 Å². The minimum absolute atomic E-state index is 0.00533. The highest BCUT2D eigenvalue weighted by atomic mass is 32.2. The van der Waals surface area contributed by atoms with E-state index in [1.165, 1.54) is 19.4 Å². The van der Waals surface area contributed by atoms with E-state index in [2.05, 4.69) is 15.0 Å². The first kappa shape index (κ1) is 21.1. The first-order chi connectivity index (χ1) is 15.8. The van der Waals surface area contributed by atoms with E-state index >= 15 is 0 Å². The summed E-state index contributed by atoms with van der Waals surface area (Å²) in [7, 11) is -2.56. The van der Waals surface area contributed by atoms with Gasteiger partial charge in [-0.25, -0.2) is 13.4 Å². The van der Waals surface area contributed by atoms with Crippen molar-refractivity contribution in [1.82, 2.24) is 4.98 Å². The Morgan fingerprint density at radius 3 is 2.58 bits per heavy atom. The number of carbonyl (C=O) groups is 1. The predicted octanol–water partition coefficient (Wildman–Crippen LogP) is 3.64. The SMILES string of the molecule is COc1ccccc1S(=O)(=O)Nc1cc(Oc2ccc(N)nc2)c2c(c1)C1(CCC1)C(=O)N2. The van der Waals surface area contributed by atoms with Crippen LogP contribution in [0.3, 0.4) is 0 Å². The molecule has 1 aromatic heterocycles. The summed E-state index contributed by atoms with van der Waals surface area (Å²) in [5.41, 5.74) is 6.52. The zero-order valence-corrected chi connectivity index (χ0v) is 18.6. The van der Waals surface area contributed by atoms with E-state index in [0.29, 0.717) is 35.8 Å². The summed E-state index contributed by atoms with van der Waals surface area (Å²) < 4.78 is 40.1. The number of hydrogen-bond acceptors (Lipinski definition) is 7. The Labute approximate surface area is 191 Å². The van der Waals surface area contributed by atoms with E-state index in [9.17, 15) is 13.2 Å². The van der Waals surface area contributed by atoms with Crippen LogP contribution in [-0.4, -0.2) is 26.4 Å². The highest BCUT2D eigenvalue weighted by molar-refractivity contribution is 7.92. The van der Waals surface area contributed by atoms with Crippen molar-refractivity contribution in [2.75, 3.05) is 22.9 Å². The number of para-hydroxylation sites is 1. The first-order valence-electron chi connectivity index (χ1n) is 10.4. The normalized spacial score (nSPS) is 16.0. The summed E-state index contributed by atoms with van der Waals surface area (Å²) in [6.07, 6.45) is 3.76. The molecule has 4 N–H and O–H groups in total. The van der Waals surface area contributed by atoms with Gasteiger partial charge in [-0.1, -0.05) is 18.6 Å². The number of hydrogen-bond donors (Lipinski definition) is 3. The van der Waals surface area contributed by atoms with Gasteiger partial charge in [0.1, 0.15) is 22.2 Å². The number of benzene rings is 2. The van der Waals surface area contributed by atoms with Crippen LogP contribution in [0.1, 0.15) is 24.8 Å². The third-order valence-corrected chi connectivity index (χ3v) is 7.52. The molecule has 33 heavy (non-hydrogen) atoms. The molecule has 5 rings (SSSR count). The number of nitrogens with two attached hydrogens (primary N) is 1. The van der Waals surface area contributed by atoms with Crippen molar-refractivity contribution in [2.45, 2.75) is 29.6 Å². The van der Waals surface area contributed by atoms with E-state index in [0.717, 1.165) is 12.0 Å². The molecule has 0 atom stereocenters. The van der Waals surface area contributed by atoms with E-state index < -0.39 is 15.4 Å². The number of nitrogens with one attached hydrogen (secondary N) is 2. The van der Waals surface area contributed by atoms with Crippen molar-refractivity contribution in [3.8, 4) is 17.2 Å². The monoisotopic (exact) mass is 466 g/mol. The number of amides is 1. The Kier molecular flexibility index (Phi) is 4.89. The van der Waals surface area contributed by atoms with E-state index in [1.54, 1.807) is 42.5 Å². The van der Waals surface area contributed by atoms with Gasteiger partial charge in [-0.2, -0.15) is 0 Å². The maximum absolute atomic E-state index is 13.2. The highest BCUT2D eigenvalue weighted by Crippen LogP contribution is 2.55. The quantitative estimate of drug-likeness (QED) is 0.505. The van der Waals surface area contributed by atoms with Crippen molar-refractivity contribution in [2.24, 2.45) is 0 Å². The van der Waals surface area contributed by atoms with Crippen molar-refractivity contribution in [3.63, 3.8) is 0 Å². The number of aromatic nitrogens is 1. The van der Waals surface area contributed by atoms with E-state index in [1.807, 2.05) is 0 Å². The fourth-order valence-electron chi connectivity index (χ4n) is 4.27. The fourth-order valence-corrected chi connectivity index (χ4v) is 5.49. The Morgan fingerprint density at radius 2 is 1.91 bits per heavy atom. The van der Waals surface area contributed by atoms with Crippen LogP contribution in [0.5, 0.6) is 17.2 Å². The molecule has 1 spiro atoms. The third-order valence-electron chi connectivity index (χ3n) is 6.10. The molecule has 2 aliphatic rings. The molecule has 0 unspecified atom stereocenters. The molecule has 1 aliphatic heterocycles. The van der Waals surface area contributed by atoms with Crippen molar-refractivity contribution < 1.29 is 22.7 Å². The minimum Gasteiger partial charge on any atom is -0.495 e. The lowest BCUT2D eigenvalue weighted by molar-refractivity contribution is -0.123. The number of nitrogen functional groups attached to an aromatic ring is 1. The molecule has 0 bridgehead atoms. The number of ether oxygens (including phenoxy) is 2. The molecular formula is C23H22N4O5S. The van der Waals surface area contributed by atoms with Gasteiger partial charge in [0.2, 0.25) is 5.91 Å². The molecule has 1 aliphatic carbocycles. The lowest BCUT2D eigenvalue weighted by Crippen LogP contribution is -2.40. The van der Waals surface area contributed by atoms with Gasteiger partial charge in [0.25, 0.3) is 10.0 Å². The fraction of sp³-hybridized carbons (Fsp3) is 0.217. The van der Waals surface area contributed by atoms with Crippen LogP contribution in [0.15, 0.2) is 59.6 Å². The van der Waals surface area contributed by atoms with Crippen molar-refractivity contribution >= 4 is 33.1 Å². The van der Waals surface area contributed by atoms with Crippen LogP contribution < -0.4 is 25.2 Å². The van der Waals surface area contributed by atoms with E-state index in [-0.39, 0.29) is 22.2 Å². The number of nitrogens with zero attached hydrogens (tertiary/aromatic N) is 1. The van der Waals surface area contributed by atoms with Gasteiger partial charge in [-0.05, 0) is 48.7 Å². The zero-order chi connectivity index (χ0) is 23.2. The largest absolute Gasteiger partial charge is 0.495 e. The van der Waals surface area contributed by atoms with Gasteiger partial charge in [0, 0.05) is 6.07 Å². The molecule has 3 aromatic rings. The summed E-state index contributed by atoms with van der Waals surface area (Å²) in [4.78, 5) is 16.9. The van der Waals surface area contributed by atoms with Gasteiger partial charge >= 0.3 is 0 Å². The molecule has 10 heteroatoms. The molecule has 2 heterocycles. The highest BCUT2D eigenvalue weighted by Gasteiger charge is 2.52. The average Bonchev–Trinajstić information content (AvgIpc) is 3.07. The molecule has 1 saturated carbocycles. The average molecular weight is 467 g/mol. The lowest BCUT2D eigenvalue weighted by atomic mass is 9.65. The Balaban J connectivity index is 1.58. The summed E-state index contributed by atoms with van der Waals surface area (Å²) in [5, 5.41) is 2.92. The number of fused-ring (bicyclic) bond motifs is 2. The lowest BCUT2D eigenvalue weighted by Gasteiger charge is -2.36. The van der Waals surface area contributed by atoms with Gasteiger partial charge in [-0.15, -0.1) is 0 Å². The van der Waals surface area contributed by atoms with Crippen LogP contribution in [0.25, 0.3) is 0 Å². The number of methoxy groups -OCH3 is 1. The Hall–Kier alpha value is -3.79. The number of pyridine rings is 1. The van der Waals surface area contributed by atoms with E-state index in [4.69, 9.17) is 15.2 Å². The molecular weight excluding hydrogens is 444 g/mol. The molecule has 1 fully saturated rings. The minimum atomic E-state index is -3.97. The second-order valence-electron chi connectivity index (χ2n) is 8.06. The van der Waals surface area contributed by atoms with Gasteiger partial charge in [0.05, 0.1) is 30.1 Å². The van der Waals surface area contributed by atoms with Gasteiger partial charge in [-0.3, -0.25) is 9.52 Å². The number of sulfonamides is 1. The number of carbonyl (C=O) groups excluding carboxylic acids is 1. The summed E-state index contributed by atoms with van der Waals surface area (Å²) in [6, 6.07) is 12.8. The zero-order valence-electron chi connectivity index (χ0n) is 17.8. The first-order valence-corrected chi connectivity index (χ1v) is 11.9. The second-order valence-corrected chi connectivity index (χ2v) is 9.71. The Morgan fingerprint density at radius 1 is 1.12 bits per heavy atom. The van der Waals surface area contributed by atoms with Crippen molar-refractivity contribution in [1.29, 1.82) is 0 Å². The molecule has 9 nitrogen and oxygen atoms in total. The maximum atomic E-state index is 13.2.